The second kappa shape index (κ2) is 13.7. The molecule has 0 aliphatic heterocycles. The summed E-state index contributed by atoms with van der Waals surface area (Å²) in [7, 11) is 0. The molecule has 33 heavy (non-hydrogen) atoms. The van der Waals surface area contributed by atoms with E-state index in [1.165, 1.54) is 44.6 Å². The number of carbonyl (C=O) groups is 4. The molecule has 0 saturated heterocycles. The Morgan fingerprint density at radius 1 is 0.788 bits per heavy atom. The monoisotopic (exact) mass is 458 g/mol. The Balaban J connectivity index is 3.05. The first-order valence-corrected chi connectivity index (χ1v) is 10.3. The fourth-order valence-corrected chi connectivity index (χ4v) is 2.60. The van der Waals surface area contributed by atoms with E-state index in [0.717, 1.165) is 24.5 Å². The van der Waals surface area contributed by atoms with Gasteiger partial charge in [-0.2, -0.15) is 0 Å². The number of carbonyl (C=O) groups excluding carboxylic acids is 4. The Morgan fingerprint density at radius 2 is 1.33 bits per heavy atom. The zero-order valence-corrected chi connectivity index (χ0v) is 19.9. The third-order valence-electron chi connectivity index (χ3n) is 3.98. The van der Waals surface area contributed by atoms with Crippen LogP contribution in [0.3, 0.4) is 0 Å². The molecule has 1 aromatic rings. The topological polar surface area (TPSA) is 105 Å². The summed E-state index contributed by atoms with van der Waals surface area (Å²) in [6.45, 7) is 9.69. The molecule has 1 rings (SSSR count). The number of allylic oxidation sites excluding steroid dienone is 3. The van der Waals surface area contributed by atoms with Gasteiger partial charge in [0.05, 0.1) is 5.56 Å². The third kappa shape index (κ3) is 11.5. The normalized spacial score (nSPS) is 11.0. The van der Waals surface area contributed by atoms with Gasteiger partial charge in [-0.3, -0.25) is 14.4 Å². The molecule has 178 valence electrons. The Labute approximate surface area is 193 Å². The highest BCUT2D eigenvalue weighted by Gasteiger charge is 2.17. The van der Waals surface area contributed by atoms with Crippen molar-refractivity contribution in [2.75, 3.05) is 6.61 Å². The van der Waals surface area contributed by atoms with Crippen molar-refractivity contribution in [3.8, 4) is 17.2 Å². The number of hydrogen-bond donors (Lipinski definition) is 0. The molecule has 0 unspecified atom stereocenters. The van der Waals surface area contributed by atoms with Gasteiger partial charge in [0.15, 0.2) is 0 Å². The van der Waals surface area contributed by atoms with Gasteiger partial charge in [-0.05, 0) is 45.8 Å². The van der Waals surface area contributed by atoms with Crippen molar-refractivity contribution in [1.82, 2.24) is 0 Å². The summed E-state index contributed by atoms with van der Waals surface area (Å²) in [5, 5.41) is 0. The van der Waals surface area contributed by atoms with Gasteiger partial charge in [0.2, 0.25) is 0 Å². The van der Waals surface area contributed by atoms with Crippen molar-refractivity contribution in [1.29, 1.82) is 0 Å². The molecule has 0 fully saturated rings. The van der Waals surface area contributed by atoms with Gasteiger partial charge in [0, 0.05) is 39.0 Å². The molecule has 0 saturated carbocycles. The van der Waals surface area contributed by atoms with E-state index >= 15 is 0 Å². The summed E-state index contributed by atoms with van der Waals surface area (Å²) in [4.78, 5) is 46.5. The lowest BCUT2D eigenvalue weighted by Gasteiger charge is -2.13. The first-order chi connectivity index (χ1) is 15.5. The summed E-state index contributed by atoms with van der Waals surface area (Å²) in [6, 6.07) is 2.55. The Bertz CT molecular complexity index is 941. The molecule has 0 amide bonds. The number of rotatable bonds is 10. The molecule has 0 aliphatic rings. The number of benzene rings is 1. The molecule has 0 aromatic heterocycles. The van der Waals surface area contributed by atoms with Crippen LogP contribution in [0.2, 0.25) is 0 Å². The van der Waals surface area contributed by atoms with E-state index < -0.39 is 23.9 Å². The third-order valence-corrected chi connectivity index (χ3v) is 3.98. The fourth-order valence-electron chi connectivity index (χ4n) is 2.60. The smallest absolute Gasteiger partial charge is 0.331 e. The van der Waals surface area contributed by atoms with Crippen LogP contribution in [0.1, 0.15) is 59.9 Å². The van der Waals surface area contributed by atoms with Gasteiger partial charge < -0.3 is 18.9 Å². The van der Waals surface area contributed by atoms with Gasteiger partial charge >= 0.3 is 23.9 Å². The second-order valence-electron chi connectivity index (χ2n) is 7.45. The molecule has 8 heteroatoms. The van der Waals surface area contributed by atoms with E-state index in [1.807, 2.05) is 26.8 Å². The van der Waals surface area contributed by atoms with E-state index in [-0.39, 0.29) is 29.4 Å². The Kier molecular flexibility index (Phi) is 11.3. The molecule has 0 radical (unpaired) electrons. The molecule has 8 nitrogen and oxygen atoms in total. The van der Waals surface area contributed by atoms with Gasteiger partial charge in [-0.25, -0.2) is 4.79 Å². The fraction of sp³-hybridized carbons (Fsp3) is 0.360. The molecule has 0 spiro atoms. The summed E-state index contributed by atoms with van der Waals surface area (Å²) in [5.74, 6) is -2.69. The number of ether oxygens (including phenoxy) is 4. The molecule has 1 aromatic carbocycles. The highest BCUT2D eigenvalue weighted by Crippen LogP contribution is 2.36. The zero-order chi connectivity index (χ0) is 25.0. The zero-order valence-electron chi connectivity index (χ0n) is 19.9. The van der Waals surface area contributed by atoms with E-state index in [0.29, 0.717) is 0 Å². The van der Waals surface area contributed by atoms with Gasteiger partial charge in [-0.1, -0.05) is 17.2 Å². The van der Waals surface area contributed by atoms with Crippen LogP contribution in [-0.4, -0.2) is 30.5 Å². The second-order valence-corrected chi connectivity index (χ2v) is 7.45. The van der Waals surface area contributed by atoms with Gasteiger partial charge in [0.1, 0.15) is 23.9 Å². The summed E-state index contributed by atoms with van der Waals surface area (Å²) in [5.41, 5.74) is 2.47. The summed E-state index contributed by atoms with van der Waals surface area (Å²) in [6.07, 6.45) is 8.16. The van der Waals surface area contributed by atoms with Crippen LogP contribution >= 0.6 is 0 Å². The lowest BCUT2D eigenvalue weighted by Crippen LogP contribution is -2.09. The van der Waals surface area contributed by atoms with Crippen molar-refractivity contribution in [3.05, 3.63) is 47.1 Å². The van der Waals surface area contributed by atoms with E-state index in [2.05, 4.69) is 6.08 Å². The maximum Gasteiger partial charge on any atom is 0.331 e. The molecule has 0 heterocycles. The average molecular weight is 459 g/mol. The summed E-state index contributed by atoms with van der Waals surface area (Å²) < 4.78 is 20.5. The van der Waals surface area contributed by atoms with Gasteiger partial charge in [0.25, 0.3) is 0 Å². The first kappa shape index (κ1) is 27.4. The van der Waals surface area contributed by atoms with Crippen molar-refractivity contribution < 1.29 is 38.1 Å². The van der Waals surface area contributed by atoms with Crippen LogP contribution in [0.4, 0.5) is 0 Å². The van der Waals surface area contributed by atoms with Crippen molar-refractivity contribution >= 4 is 30.0 Å². The lowest BCUT2D eigenvalue weighted by molar-refractivity contribution is -0.136. The van der Waals surface area contributed by atoms with Crippen LogP contribution in [0, 0.1) is 0 Å². The van der Waals surface area contributed by atoms with E-state index in [9.17, 15) is 19.2 Å². The number of hydrogen-bond acceptors (Lipinski definition) is 8. The minimum Gasteiger partial charge on any atom is -0.458 e. The van der Waals surface area contributed by atoms with Crippen LogP contribution in [-0.2, 0) is 23.9 Å². The predicted octanol–water partition coefficient (Wildman–Crippen LogP) is 4.71. The molecule has 0 N–H and O–H groups in total. The number of esters is 4. The summed E-state index contributed by atoms with van der Waals surface area (Å²) >= 11 is 0. The Morgan fingerprint density at radius 3 is 1.82 bits per heavy atom. The molecular formula is C25H30O8. The minimum atomic E-state index is -0.658. The van der Waals surface area contributed by atoms with E-state index in [4.69, 9.17) is 18.9 Å². The van der Waals surface area contributed by atoms with Crippen LogP contribution in [0.5, 0.6) is 17.2 Å². The van der Waals surface area contributed by atoms with Crippen molar-refractivity contribution in [2.24, 2.45) is 0 Å². The first-order valence-electron chi connectivity index (χ1n) is 10.3. The highest BCUT2D eigenvalue weighted by molar-refractivity contribution is 5.89. The minimum absolute atomic E-state index is 0.00319. The standard InChI is InChI=1S/C25H30O8/c1-16(2)8-7-9-17(3)12-13-30-25(29)11-10-22-23(32-19(5)27)14-21(31-18(4)26)15-24(22)33-20(6)28/h8,10-12,14-15H,7,9,13H2,1-6H3. The Hall–Kier alpha value is -3.68. The average Bonchev–Trinajstić information content (AvgIpc) is 2.65. The van der Waals surface area contributed by atoms with Crippen LogP contribution in [0.15, 0.2) is 41.5 Å². The SMILES string of the molecule is CC(=O)Oc1cc(OC(C)=O)c(C=CC(=O)OCC=C(C)CCC=C(C)C)c(OC(C)=O)c1. The maximum atomic E-state index is 12.1. The lowest BCUT2D eigenvalue weighted by atomic mass is 10.1. The highest BCUT2D eigenvalue weighted by atomic mass is 16.6. The maximum absolute atomic E-state index is 12.1. The van der Waals surface area contributed by atoms with Gasteiger partial charge in [-0.15, -0.1) is 0 Å². The van der Waals surface area contributed by atoms with Crippen LogP contribution < -0.4 is 14.2 Å². The quantitative estimate of drug-likeness (QED) is 0.215. The van der Waals surface area contributed by atoms with Crippen molar-refractivity contribution in [3.63, 3.8) is 0 Å². The molecular weight excluding hydrogens is 428 g/mol. The van der Waals surface area contributed by atoms with E-state index in [1.54, 1.807) is 0 Å². The van der Waals surface area contributed by atoms with Crippen molar-refractivity contribution in [2.45, 2.75) is 54.4 Å². The predicted molar refractivity (Wildman–Crippen MR) is 123 cm³/mol. The largest absolute Gasteiger partial charge is 0.458 e. The molecule has 0 atom stereocenters. The molecule has 0 bridgehead atoms. The van der Waals surface area contributed by atoms with Crippen LogP contribution in [0.25, 0.3) is 6.08 Å². The molecule has 0 aliphatic carbocycles.